The lowest BCUT2D eigenvalue weighted by molar-refractivity contribution is -0.174. The number of nitrogens with zero attached hydrogens (tertiary/aromatic N) is 4. The number of carbonyl (C=O) groups is 2. The summed E-state index contributed by atoms with van der Waals surface area (Å²) in [6.45, 7) is 3.88. The first-order valence-electron chi connectivity index (χ1n) is 11.9. The molecule has 1 fully saturated rings. The second kappa shape index (κ2) is 10.5. The van der Waals surface area contributed by atoms with E-state index in [0.29, 0.717) is 53.9 Å². The lowest BCUT2D eigenvalue weighted by atomic mass is 9.91. The highest BCUT2D eigenvalue weighted by Gasteiger charge is 2.40. The van der Waals surface area contributed by atoms with E-state index >= 15 is 0 Å². The Labute approximate surface area is 211 Å². The summed E-state index contributed by atoms with van der Waals surface area (Å²) in [5, 5.41) is 21.7. The fraction of sp³-hybridized carbons (Fsp3) is 0.400. The number of alkyl halides is 3. The summed E-state index contributed by atoms with van der Waals surface area (Å²) in [4.78, 5) is 28.8. The number of carbonyl (C=O) groups excluding carboxylic acids is 2. The van der Waals surface area contributed by atoms with Crippen LogP contribution in [-0.4, -0.2) is 50.7 Å². The van der Waals surface area contributed by atoms with Gasteiger partial charge in [-0.15, -0.1) is 0 Å². The van der Waals surface area contributed by atoms with Crippen molar-refractivity contribution in [2.75, 3.05) is 5.32 Å². The maximum atomic E-state index is 13.1. The molecule has 0 unspecified atom stereocenters. The van der Waals surface area contributed by atoms with Crippen LogP contribution in [0.2, 0.25) is 0 Å². The zero-order chi connectivity index (χ0) is 26.7. The van der Waals surface area contributed by atoms with Gasteiger partial charge < -0.3 is 16.0 Å². The van der Waals surface area contributed by atoms with Crippen molar-refractivity contribution >= 4 is 23.0 Å². The summed E-state index contributed by atoms with van der Waals surface area (Å²) in [7, 11) is 0. The van der Waals surface area contributed by atoms with Crippen molar-refractivity contribution in [3.05, 3.63) is 47.8 Å². The zero-order valence-electron chi connectivity index (χ0n) is 20.3. The van der Waals surface area contributed by atoms with Gasteiger partial charge >= 0.3 is 12.1 Å². The smallest absolute Gasteiger partial charge is 0.382 e. The van der Waals surface area contributed by atoms with Crippen LogP contribution in [0.4, 0.5) is 18.9 Å². The predicted molar refractivity (Wildman–Crippen MR) is 130 cm³/mol. The summed E-state index contributed by atoms with van der Waals surface area (Å²) in [6, 6.07) is 8.42. The number of fused-ring (bicyclic) bond motifs is 1. The molecule has 0 spiro atoms. The largest absolute Gasteiger partial charge is 0.471 e. The molecule has 0 atom stereocenters. The minimum absolute atomic E-state index is 0.0230. The van der Waals surface area contributed by atoms with Gasteiger partial charge in [0.25, 0.3) is 5.91 Å². The van der Waals surface area contributed by atoms with Crippen LogP contribution in [0.15, 0.2) is 36.7 Å². The molecule has 37 heavy (non-hydrogen) atoms. The van der Waals surface area contributed by atoms with Gasteiger partial charge in [-0.1, -0.05) is 0 Å². The molecule has 0 aliphatic heterocycles. The molecule has 3 N–H and O–H groups in total. The summed E-state index contributed by atoms with van der Waals surface area (Å²) in [6.07, 6.45) is -0.403. The molecule has 3 aromatic heterocycles. The van der Waals surface area contributed by atoms with Gasteiger partial charge in [0, 0.05) is 24.3 Å². The molecule has 1 aliphatic rings. The van der Waals surface area contributed by atoms with Crippen molar-refractivity contribution in [2.24, 2.45) is 0 Å². The Hall–Kier alpha value is -4.14. The van der Waals surface area contributed by atoms with Gasteiger partial charge in [0.05, 0.1) is 39.9 Å². The van der Waals surface area contributed by atoms with Gasteiger partial charge in [-0.25, -0.2) is 4.52 Å². The topological polar surface area (TPSA) is 124 Å². The third kappa shape index (κ3) is 5.99. The van der Waals surface area contributed by atoms with Crippen LogP contribution in [0, 0.1) is 11.3 Å². The Morgan fingerprint density at radius 1 is 1.08 bits per heavy atom. The van der Waals surface area contributed by atoms with Crippen LogP contribution in [-0.2, 0) is 4.79 Å². The molecule has 2 amide bonds. The van der Waals surface area contributed by atoms with E-state index in [1.807, 2.05) is 31.3 Å². The Morgan fingerprint density at radius 2 is 1.76 bits per heavy atom. The van der Waals surface area contributed by atoms with E-state index in [1.54, 1.807) is 16.6 Å². The van der Waals surface area contributed by atoms with Crippen LogP contribution in [0.1, 0.15) is 55.5 Å². The highest BCUT2D eigenvalue weighted by molar-refractivity contribution is 6.00. The molecule has 12 heteroatoms. The predicted octanol–water partition coefficient (Wildman–Crippen LogP) is 3.81. The number of anilines is 1. The number of hydrogen-bond acceptors (Lipinski definition) is 6. The second-order valence-electron chi connectivity index (χ2n) is 9.32. The van der Waals surface area contributed by atoms with E-state index in [4.69, 9.17) is 5.26 Å². The fourth-order valence-electron chi connectivity index (χ4n) is 4.37. The number of amides is 2. The van der Waals surface area contributed by atoms with E-state index in [9.17, 15) is 22.8 Å². The van der Waals surface area contributed by atoms with E-state index in [-0.39, 0.29) is 18.0 Å². The number of nitrogens with one attached hydrogen (secondary N) is 3. The van der Waals surface area contributed by atoms with Crippen LogP contribution in [0.5, 0.6) is 0 Å². The minimum atomic E-state index is -4.91. The molecule has 3 heterocycles. The standard InChI is InChI=1S/C25H26F3N7O2/c1-14(2)32-20-10-21(22-8-7-18-9-15(11-29)12-31-35(18)22)30-13-19(20)23(36)33-16-3-5-17(6-4-16)34-24(37)25(26,27)28/h7-10,12-14,16-17H,3-6H2,1-2H3,(H,30,32)(H,33,36)(H,34,37)/t16-,17-. The van der Waals surface area contributed by atoms with Crippen LogP contribution >= 0.6 is 0 Å². The van der Waals surface area contributed by atoms with Gasteiger partial charge in [-0.2, -0.15) is 23.5 Å². The van der Waals surface area contributed by atoms with Crippen molar-refractivity contribution in [1.82, 2.24) is 25.2 Å². The molecule has 0 aromatic carbocycles. The van der Waals surface area contributed by atoms with Crippen LogP contribution < -0.4 is 16.0 Å². The second-order valence-corrected chi connectivity index (χ2v) is 9.32. The van der Waals surface area contributed by atoms with Crippen molar-refractivity contribution in [1.29, 1.82) is 5.26 Å². The molecule has 9 nitrogen and oxygen atoms in total. The van der Waals surface area contributed by atoms with Gasteiger partial charge in [-0.05, 0) is 63.8 Å². The van der Waals surface area contributed by atoms with Gasteiger partial charge in [0.15, 0.2) is 0 Å². The molecule has 1 aliphatic carbocycles. The summed E-state index contributed by atoms with van der Waals surface area (Å²) in [5.74, 6) is -2.28. The summed E-state index contributed by atoms with van der Waals surface area (Å²) in [5.41, 5.74) is 3.36. The number of pyridine rings is 1. The first-order valence-corrected chi connectivity index (χ1v) is 11.9. The Balaban J connectivity index is 1.48. The molecule has 0 radical (unpaired) electrons. The molecule has 3 aromatic rings. The summed E-state index contributed by atoms with van der Waals surface area (Å²) >= 11 is 0. The molecular formula is C25H26F3N7O2. The number of nitriles is 1. The van der Waals surface area contributed by atoms with E-state index in [1.165, 1.54) is 12.4 Å². The highest BCUT2D eigenvalue weighted by atomic mass is 19.4. The highest BCUT2D eigenvalue weighted by Crippen LogP contribution is 2.27. The normalized spacial score (nSPS) is 17.9. The Kier molecular flexibility index (Phi) is 7.33. The van der Waals surface area contributed by atoms with Crippen LogP contribution in [0.3, 0.4) is 0 Å². The maximum Gasteiger partial charge on any atom is 0.471 e. The fourth-order valence-corrected chi connectivity index (χ4v) is 4.37. The lowest BCUT2D eigenvalue weighted by Gasteiger charge is -2.30. The van der Waals surface area contributed by atoms with Gasteiger partial charge in [-0.3, -0.25) is 14.6 Å². The average Bonchev–Trinajstić information content (AvgIpc) is 3.27. The zero-order valence-corrected chi connectivity index (χ0v) is 20.3. The van der Waals surface area contributed by atoms with Crippen LogP contribution in [0.25, 0.3) is 16.9 Å². The third-order valence-electron chi connectivity index (χ3n) is 6.14. The SMILES string of the molecule is CC(C)Nc1cc(-c2ccc3cc(C#N)cnn23)ncc1C(=O)N[C@H]1CC[C@H](NC(=O)C(F)(F)F)CC1. The molecule has 0 bridgehead atoms. The molecule has 1 saturated carbocycles. The lowest BCUT2D eigenvalue weighted by Crippen LogP contribution is -2.47. The third-order valence-corrected chi connectivity index (χ3v) is 6.14. The van der Waals surface area contributed by atoms with E-state index in [0.717, 1.165) is 5.52 Å². The van der Waals surface area contributed by atoms with E-state index < -0.39 is 18.1 Å². The quantitative estimate of drug-likeness (QED) is 0.461. The van der Waals surface area contributed by atoms with Gasteiger partial charge in [0.1, 0.15) is 6.07 Å². The van der Waals surface area contributed by atoms with E-state index in [2.05, 4.69) is 26.8 Å². The Bertz CT molecular complexity index is 1350. The monoisotopic (exact) mass is 513 g/mol. The first kappa shape index (κ1) is 25.9. The number of aromatic nitrogens is 3. The van der Waals surface area contributed by atoms with Crippen molar-refractivity contribution in [2.45, 2.75) is 63.8 Å². The number of rotatable bonds is 6. The van der Waals surface area contributed by atoms with Crippen molar-refractivity contribution < 1.29 is 22.8 Å². The minimum Gasteiger partial charge on any atom is -0.382 e. The molecule has 0 saturated heterocycles. The summed E-state index contributed by atoms with van der Waals surface area (Å²) < 4.78 is 39.2. The number of hydrogen-bond donors (Lipinski definition) is 3. The Morgan fingerprint density at radius 3 is 2.38 bits per heavy atom. The van der Waals surface area contributed by atoms with Gasteiger partial charge in [0.2, 0.25) is 0 Å². The molecule has 4 rings (SSSR count). The maximum absolute atomic E-state index is 13.1. The molecular weight excluding hydrogens is 487 g/mol. The van der Waals surface area contributed by atoms with Crippen molar-refractivity contribution in [3.63, 3.8) is 0 Å². The molecule has 194 valence electrons. The first-order chi connectivity index (χ1) is 17.5. The van der Waals surface area contributed by atoms with Crippen molar-refractivity contribution in [3.8, 4) is 17.5 Å². The average molecular weight is 514 g/mol. The number of halogens is 3.